The molecule has 0 aliphatic rings. The Kier molecular flexibility index (Phi) is 7.11. The second-order valence-electron chi connectivity index (χ2n) is 1.77. The first-order valence-corrected chi connectivity index (χ1v) is 4.63. The molecular formula is C8H13BrO. The average Bonchev–Trinajstić information content (AvgIpc) is 1.98. The molecular weight excluding hydrogens is 192 g/mol. The minimum absolute atomic E-state index is 0.0740. The summed E-state index contributed by atoms with van der Waals surface area (Å²) in [6.07, 6.45) is 0.973. The Hall–Kier alpha value is -0.0000000000000000208. The van der Waals surface area contributed by atoms with E-state index in [0.29, 0.717) is 0 Å². The van der Waals surface area contributed by atoms with Crippen LogP contribution in [0.4, 0.5) is 0 Å². The molecule has 1 nitrogen and oxygen atoms in total. The zero-order valence-corrected chi connectivity index (χ0v) is 8.07. The lowest BCUT2D eigenvalue weighted by atomic mass is 10.4. The van der Waals surface area contributed by atoms with Crippen molar-refractivity contribution < 1.29 is 4.74 Å². The van der Waals surface area contributed by atoms with Crippen LogP contribution in [-0.2, 0) is 4.74 Å². The van der Waals surface area contributed by atoms with Gasteiger partial charge in [0.25, 0.3) is 0 Å². The van der Waals surface area contributed by atoms with Crippen molar-refractivity contribution >= 4 is 15.9 Å². The van der Waals surface area contributed by atoms with Gasteiger partial charge in [-0.15, -0.1) is 5.92 Å². The maximum atomic E-state index is 5.27. The Bertz CT molecular complexity index is 123. The molecule has 0 amide bonds. The quantitative estimate of drug-likeness (QED) is 0.507. The molecule has 0 spiro atoms. The van der Waals surface area contributed by atoms with Crippen molar-refractivity contribution in [2.75, 3.05) is 11.9 Å². The molecule has 0 rings (SSSR count). The summed E-state index contributed by atoms with van der Waals surface area (Å²) < 4.78 is 5.27. The summed E-state index contributed by atoms with van der Waals surface area (Å²) in [5.41, 5.74) is 0. The number of alkyl halides is 1. The molecule has 0 aromatic heterocycles. The van der Waals surface area contributed by atoms with E-state index in [1.165, 1.54) is 0 Å². The second kappa shape index (κ2) is 7.11. The number of hydrogen-bond donors (Lipinski definition) is 0. The predicted molar refractivity (Wildman–Crippen MR) is 47.3 cm³/mol. The molecule has 2 heteroatoms. The van der Waals surface area contributed by atoms with Crippen LogP contribution in [0.2, 0.25) is 0 Å². The van der Waals surface area contributed by atoms with E-state index in [0.717, 1.165) is 18.4 Å². The van der Waals surface area contributed by atoms with E-state index in [2.05, 4.69) is 27.8 Å². The van der Waals surface area contributed by atoms with Crippen LogP contribution in [0.1, 0.15) is 20.3 Å². The molecule has 0 fully saturated rings. The van der Waals surface area contributed by atoms with Crippen LogP contribution in [0, 0.1) is 11.8 Å². The van der Waals surface area contributed by atoms with Crippen LogP contribution >= 0.6 is 15.9 Å². The zero-order chi connectivity index (χ0) is 7.82. The van der Waals surface area contributed by atoms with E-state index >= 15 is 0 Å². The van der Waals surface area contributed by atoms with E-state index in [-0.39, 0.29) is 6.10 Å². The van der Waals surface area contributed by atoms with Crippen LogP contribution in [-0.4, -0.2) is 18.0 Å². The van der Waals surface area contributed by atoms with Gasteiger partial charge < -0.3 is 4.74 Å². The van der Waals surface area contributed by atoms with Gasteiger partial charge in [0.15, 0.2) is 0 Å². The minimum Gasteiger partial charge on any atom is -0.365 e. The fourth-order valence-corrected chi connectivity index (χ4v) is 0.891. The fourth-order valence-electron chi connectivity index (χ4n) is 0.542. The van der Waals surface area contributed by atoms with Crippen LogP contribution < -0.4 is 0 Å². The number of halogens is 1. The Morgan fingerprint density at radius 1 is 1.50 bits per heavy atom. The summed E-state index contributed by atoms with van der Waals surface area (Å²) in [7, 11) is 0. The van der Waals surface area contributed by atoms with Crippen molar-refractivity contribution in [1.29, 1.82) is 0 Å². The number of hydrogen-bond acceptors (Lipinski definition) is 1. The monoisotopic (exact) mass is 204 g/mol. The van der Waals surface area contributed by atoms with Gasteiger partial charge in [0.05, 0.1) is 0 Å². The van der Waals surface area contributed by atoms with Gasteiger partial charge in [-0.2, -0.15) is 0 Å². The molecule has 0 aromatic carbocycles. The summed E-state index contributed by atoms with van der Waals surface area (Å²) >= 11 is 3.32. The first kappa shape index (κ1) is 10.0. The highest BCUT2D eigenvalue weighted by Gasteiger charge is 1.98. The molecule has 0 saturated heterocycles. The Labute approximate surface area is 71.3 Å². The minimum atomic E-state index is 0.0740. The van der Waals surface area contributed by atoms with Crippen molar-refractivity contribution in [3.63, 3.8) is 0 Å². The molecule has 0 aromatic rings. The average molecular weight is 205 g/mol. The zero-order valence-electron chi connectivity index (χ0n) is 6.48. The highest BCUT2D eigenvalue weighted by Crippen LogP contribution is 1.95. The highest BCUT2D eigenvalue weighted by molar-refractivity contribution is 9.09. The molecule has 0 heterocycles. The van der Waals surface area contributed by atoms with Crippen molar-refractivity contribution in [2.45, 2.75) is 26.4 Å². The molecule has 0 N–H and O–H groups in total. The first-order chi connectivity index (χ1) is 4.85. The standard InChI is InChI=1S/C8H13BrO/c1-3-5-6-8(7-9)10-4-2/h8H,3-4,7H2,1-2H3. The third-order valence-corrected chi connectivity index (χ3v) is 1.54. The summed E-state index contributed by atoms with van der Waals surface area (Å²) in [5, 5.41) is 0.799. The van der Waals surface area contributed by atoms with Gasteiger partial charge in [0.1, 0.15) is 6.10 Å². The van der Waals surface area contributed by atoms with Crippen molar-refractivity contribution in [3.05, 3.63) is 0 Å². The van der Waals surface area contributed by atoms with Gasteiger partial charge >= 0.3 is 0 Å². The highest BCUT2D eigenvalue weighted by atomic mass is 79.9. The molecule has 1 atom stereocenters. The Balaban J connectivity index is 3.59. The molecule has 58 valence electrons. The Morgan fingerprint density at radius 3 is 2.60 bits per heavy atom. The number of rotatable bonds is 3. The summed E-state index contributed by atoms with van der Waals surface area (Å²) in [6.45, 7) is 4.74. The smallest absolute Gasteiger partial charge is 0.127 e. The van der Waals surface area contributed by atoms with Gasteiger partial charge in [-0.1, -0.05) is 28.8 Å². The van der Waals surface area contributed by atoms with E-state index in [1.54, 1.807) is 0 Å². The summed E-state index contributed by atoms with van der Waals surface area (Å²) in [6, 6.07) is 0. The SMILES string of the molecule is CCC#CC(CBr)OCC. The fraction of sp³-hybridized carbons (Fsp3) is 0.750. The lowest BCUT2D eigenvalue weighted by Crippen LogP contribution is -2.11. The number of ether oxygens (including phenoxy) is 1. The van der Waals surface area contributed by atoms with E-state index < -0.39 is 0 Å². The maximum absolute atomic E-state index is 5.27. The topological polar surface area (TPSA) is 9.23 Å². The largest absolute Gasteiger partial charge is 0.365 e. The molecule has 0 bridgehead atoms. The van der Waals surface area contributed by atoms with Crippen LogP contribution in [0.25, 0.3) is 0 Å². The van der Waals surface area contributed by atoms with Crippen molar-refractivity contribution in [3.8, 4) is 11.8 Å². The first-order valence-electron chi connectivity index (χ1n) is 3.51. The van der Waals surface area contributed by atoms with Gasteiger partial charge in [0, 0.05) is 18.4 Å². The van der Waals surface area contributed by atoms with Crippen molar-refractivity contribution in [1.82, 2.24) is 0 Å². The predicted octanol–water partition coefficient (Wildman–Crippen LogP) is 2.20. The van der Waals surface area contributed by atoms with Crippen LogP contribution in [0.15, 0.2) is 0 Å². The molecule has 1 unspecified atom stereocenters. The summed E-state index contributed by atoms with van der Waals surface area (Å²) in [4.78, 5) is 0. The van der Waals surface area contributed by atoms with E-state index in [4.69, 9.17) is 4.74 Å². The maximum Gasteiger partial charge on any atom is 0.127 e. The van der Waals surface area contributed by atoms with Crippen molar-refractivity contribution in [2.24, 2.45) is 0 Å². The lowest BCUT2D eigenvalue weighted by molar-refractivity contribution is 0.120. The molecule has 0 aliphatic carbocycles. The third kappa shape index (κ3) is 4.84. The third-order valence-electron chi connectivity index (χ3n) is 0.948. The van der Waals surface area contributed by atoms with Crippen LogP contribution in [0.3, 0.4) is 0 Å². The van der Waals surface area contributed by atoms with E-state index in [9.17, 15) is 0 Å². The van der Waals surface area contributed by atoms with Gasteiger partial charge in [-0.05, 0) is 6.92 Å². The molecule has 0 aliphatic heterocycles. The molecule has 0 radical (unpaired) electrons. The second-order valence-corrected chi connectivity index (χ2v) is 2.42. The van der Waals surface area contributed by atoms with E-state index in [1.807, 2.05) is 13.8 Å². The van der Waals surface area contributed by atoms with Gasteiger partial charge in [-0.3, -0.25) is 0 Å². The van der Waals surface area contributed by atoms with Gasteiger partial charge in [0.2, 0.25) is 0 Å². The molecule has 10 heavy (non-hydrogen) atoms. The summed E-state index contributed by atoms with van der Waals surface area (Å²) in [5.74, 6) is 5.98. The normalized spacial score (nSPS) is 11.9. The van der Waals surface area contributed by atoms with Gasteiger partial charge in [-0.25, -0.2) is 0 Å². The molecule has 0 saturated carbocycles. The van der Waals surface area contributed by atoms with Crippen LogP contribution in [0.5, 0.6) is 0 Å². The lowest BCUT2D eigenvalue weighted by Gasteiger charge is -2.04. The Morgan fingerprint density at radius 2 is 2.20 bits per heavy atom.